The third kappa shape index (κ3) is 3.09. The molecule has 0 saturated carbocycles. The average Bonchev–Trinajstić information content (AvgIpc) is 2.77. The van der Waals surface area contributed by atoms with Gasteiger partial charge in [-0.2, -0.15) is 19.0 Å². The first-order valence-corrected chi connectivity index (χ1v) is 5.88. The lowest BCUT2D eigenvalue weighted by molar-refractivity contribution is -0.743. The Morgan fingerprint density at radius 1 is 1.42 bits per heavy atom. The predicted molar refractivity (Wildman–Crippen MR) is 70.3 cm³/mol. The van der Waals surface area contributed by atoms with Gasteiger partial charge in [0.2, 0.25) is 6.34 Å². The molecule has 0 spiro atoms. The van der Waals surface area contributed by atoms with Crippen LogP contribution in [0.4, 0.5) is 18.9 Å². The van der Waals surface area contributed by atoms with E-state index in [1.54, 1.807) is 0 Å². The smallest absolute Gasteiger partial charge is 0.299 e. The zero-order chi connectivity index (χ0) is 14.1. The van der Waals surface area contributed by atoms with Crippen molar-refractivity contribution in [2.45, 2.75) is 6.18 Å². The molecule has 8 heteroatoms. The Balaban J connectivity index is 2.16. The number of alkyl halides is 3. The molecular formula is C11H12F3N4S+. The van der Waals surface area contributed by atoms with Crippen LogP contribution in [-0.4, -0.2) is 29.1 Å². The molecule has 0 radical (unpaired) electrons. The number of aliphatic imine (C=N–C) groups is 1. The van der Waals surface area contributed by atoms with E-state index in [0.717, 1.165) is 12.1 Å². The SMILES string of the molecule is N[N+]1(C(=S)Nc2cccc(C(F)(F)F)c2)C=NCC1. The van der Waals surface area contributed by atoms with E-state index in [1.807, 2.05) is 0 Å². The molecule has 0 fully saturated rings. The Bertz CT molecular complexity index is 529. The van der Waals surface area contributed by atoms with Crippen molar-refractivity contribution in [2.75, 3.05) is 18.4 Å². The van der Waals surface area contributed by atoms with Gasteiger partial charge in [0.05, 0.1) is 12.1 Å². The molecule has 1 unspecified atom stereocenters. The van der Waals surface area contributed by atoms with Crippen molar-refractivity contribution in [1.29, 1.82) is 0 Å². The van der Waals surface area contributed by atoms with Gasteiger partial charge in [0.1, 0.15) is 6.54 Å². The van der Waals surface area contributed by atoms with Gasteiger partial charge in [0, 0.05) is 17.9 Å². The highest BCUT2D eigenvalue weighted by Gasteiger charge is 2.33. The van der Waals surface area contributed by atoms with Crippen molar-refractivity contribution in [2.24, 2.45) is 10.8 Å². The van der Waals surface area contributed by atoms with Crippen LogP contribution in [0, 0.1) is 0 Å². The van der Waals surface area contributed by atoms with Gasteiger partial charge in [-0.3, -0.25) is 5.32 Å². The van der Waals surface area contributed by atoms with Gasteiger partial charge < -0.3 is 0 Å². The average molecular weight is 289 g/mol. The van der Waals surface area contributed by atoms with Crippen LogP contribution in [-0.2, 0) is 6.18 Å². The summed E-state index contributed by atoms with van der Waals surface area (Å²) >= 11 is 5.11. The molecule has 0 aliphatic carbocycles. The highest BCUT2D eigenvalue weighted by molar-refractivity contribution is 7.80. The van der Waals surface area contributed by atoms with Gasteiger partial charge in [-0.15, -0.1) is 4.59 Å². The zero-order valence-corrected chi connectivity index (χ0v) is 10.6. The number of hydrogen-bond donors (Lipinski definition) is 2. The van der Waals surface area contributed by atoms with Crippen molar-refractivity contribution in [3.63, 3.8) is 0 Å². The maximum atomic E-state index is 12.6. The fourth-order valence-electron chi connectivity index (χ4n) is 1.64. The first-order valence-electron chi connectivity index (χ1n) is 5.47. The van der Waals surface area contributed by atoms with E-state index in [9.17, 15) is 13.2 Å². The number of anilines is 1. The number of quaternary nitrogens is 1. The van der Waals surface area contributed by atoms with E-state index in [-0.39, 0.29) is 15.4 Å². The Labute approximate surface area is 113 Å². The van der Waals surface area contributed by atoms with Crippen LogP contribution in [0.2, 0.25) is 0 Å². The molecule has 1 atom stereocenters. The van der Waals surface area contributed by atoms with Crippen molar-refractivity contribution in [1.82, 2.24) is 0 Å². The molecule has 102 valence electrons. The number of thiocarbonyl (C=S) groups is 1. The predicted octanol–water partition coefficient (Wildman–Crippen LogP) is 2.13. The molecule has 4 nitrogen and oxygen atoms in total. The number of hydrogen-bond acceptors (Lipinski definition) is 3. The molecule has 1 aromatic carbocycles. The number of rotatable bonds is 1. The standard InChI is InChI=1S/C11H11F3N4S/c12-11(13,14)8-2-1-3-9(6-8)17-10(19)18(15)5-4-16-7-18/h1-3,6-7H,4-5,15H2/p+1. The molecule has 1 heterocycles. The molecule has 0 bridgehead atoms. The van der Waals surface area contributed by atoms with Crippen LogP contribution in [0.1, 0.15) is 5.56 Å². The van der Waals surface area contributed by atoms with Crippen LogP contribution < -0.4 is 11.2 Å². The molecule has 0 saturated heterocycles. The van der Waals surface area contributed by atoms with Crippen LogP contribution in [0.25, 0.3) is 0 Å². The summed E-state index contributed by atoms with van der Waals surface area (Å²) in [4.78, 5) is 3.97. The second-order valence-corrected chi connectivity index (χ2v) is 4.57. The molecule has 0 aromatic heterocycles. The first kappa shape index (κ1) is 13.9. The minimum absolute atomic E-state index is 0.189. The van der Waals surface area contributed by atoms with E-state index in [4.69, 9.17) is 18.1 Å². The third-order valence-corrected chi connectivity index (χ3v) is 3.15. The Morgan fingerprint density at radius 3 is 2.74 bits per heavy atom. The summed E-state index contributed by atoms with van der Waals surface area (Å²) in [6, 6.07) is 4.80. The quantitative estimate of drug-likeness (QED) is 0.473. The molecule has 19 heavy (non-hydrogen) atoms. The van der Waals surface area contributed by atoms with Crippen molar-refractivity contribution < 1.29 is 17.8 Å². The Kier molecular flexibility index (Phi) is 3.57. The van der Waals surface area contributed by atoms with E-state index < -0.39 is 11.7 Å². The first-order chi connectivity index (χ1) is 8.81. The fraction of sp³-hybridized carbons (Fsp3) is 0.273. The van der Waals surface area contributed by atoms with E-state index in [1.165, 1.54) is 18.5 Å². The summed E-state index contributed by atoms with van der Waals surface area (Å²) in [5, 5.41) is 2.93. The summed E-state index contributed by atoms with van der Waals surface area (Å²) in [7, 11) is 0. The second kappa shape index (κ2) is 4.87. The highest BCUT2D eigenvalue weighted by Crippen LogP contribution is 2.30. The zero-order valence-electron chi connectivity index (χ0n) is 9.81. The normalized spacial score (nSPS) is 22.5. The number of nitrogens with two attached hydrogens (primary N) is 1. The minimum atomic E-state index is -4.39. The third-order valence-electron chi connectivity index (χ3n) is 2.71. The minimum Gasteiger partial charge on any atom is -0.299 e. The second-order valence-electron chi connectivity index (χ2n) is 4.18. The molecule has 2 rings (SSSR count). The lowest BCUT2D eigenvalue weighted by Crippen LogP contribution is -2.58. The molecule has 1 aliphatic rings. The van der Waals surface area contributed by atoms with E-state index in [0.29, 0.717) is 13.1 Å². The number of nitrogens with zero attached hydrogens (tertiary/aromatic N) is 2. The van der Waals surface area contributed by atoms with Gasteiger partial charge in [-0.1, -0.05) is 6.07 Å². The molecule has 1 aliphatic heterocycles. The van der Waals surface area contributed by atoms with Crippen LogP contribution in [0.15, 0.2) is 29.3 Å². The van der Waals surface area contributed by atoms with Crippen LogP contribution in [0.5, 0.6) is 0 Å². The van der Waals surface area contributed by atoms with Crippen LogP contribution in [0.3, 0.4) is 0 Å². The lowest BCUT2D eigenvalue weighted by Gasteiger charge is -2.23. The lowest BCUT2D eigenvalue weighted by atomic mass is 10.2. The largest absolute Gasteiger partial charge is 0.416 e. The van der Waals surface area contributed by atoms with Gasteiger partial charge in [-0.25, -0.2) is 4.99 Å². The number of benzene rings is 1. The topological polar surface area (TPSA) is 50.4 Å². The van der Waals surface area contributed by atoms with Gasteiger partial charge >= 0.3 is 6.18 Å². The van der Waals surface area contributed by atoms with Crippen LogP contribution >= 0.6 is 12.2 Å². The molecule has 1 aromatic rings. The van der Waals surface area contributed by atoms with Gasteiger partial charge in [-0.05, 0) is 18.2 Å². The van der Waals surface area contributed by atoms with Gasteiger partial charge in [0.15, 0.2) is 0 Å². The fourth-order valence-corrected chi connectivity index (χ4v) is 1.90. The van der Waals surface area contributed by atoms with E-state index in [2.05, 4.69) is 10.3 Å². The maximum Gasteiger partial charge on any atom is 0.416 e. The Hall–Kier alpha value is -1.51. The van der Waals surface area contributed by atoms with Crippen molar-refractivity contribution >= 4 is 29.4 Å². The summed E-state index contributed by atoms with van der Waals surface area (Å²) in [6.07, 6.45) is -2.91. The maximum absolute atomic E-state index is 12.6. The summed E-state index contributed by atoms with van der Waals surface area (Å²) in [6.45, 7) is 1.03. The highest BCUT2D eigenvalue weighted by atomic mass is 32.1. The Morgan fingerprint density at radius 2 is 2.16 bits per heavy atom. The number of nitrogens with one attached hydrogen (secondary N) is 1. The molecule has 0 amide bonds. The molecule has 3 N–H and O–H groups in total. The summed E-state index contributed by atoms with van der Waals surface area (Å²) in [5.74, 6) is 5.94. The summed E-state index contributed by atoms with van der Waals surface area (Å²) in [5.41, 5.74) is -0.484. The van der Waals surface area contributed by atoms with Gasteiger partial charge in [0.25, 0.3) is 5.11 Å². The van der Waals surface area contributed by atoms with Crippen molar-refractivity contribution in [3.8, 4) is 0 Å². The monoisotopic (exact) mass is 289 g/mol. The van der Waals surface area contributed by atoms with E-state index >= 15 is 0 Å². The van der Waals surface area contributed by atoms with Crippen molar-refractivity contribution in [3.05, 3.63) is 29.8 Å². The molecular weight excluding hydrogens is 277 g/mol. The number of halogens is 3. The summed E-state index contributed by atoms with van der Waals surface area (Å²) < 4.78 is 37.5.